The van der Waals surface area contributed by atoms with Crippen LogP contribution in [-0.2, 0) is 0 Å². The standard InChI is InChI=1S/C3F6S.3H2O/c4-2(5,6)1(10)3(7,8)9;;;/h;3*1H2. The van der Waals surface area contributed by atoms with E-state index in [0.717, 1.165) is 0 Å². The van der Waals surface area contributed by atoms with Crippen LogP contribution in [0.3, 0.4) is 0 Å². The lowest BCUT2D eigenvalue weighted by molar-refractivity contribution is -0.113. The lowest BCUT2D eigenvalue weighted by Gasteiger charge is -2.10. The molecule has 0 radical (unpaired) electrons. The van der Waals surface area contributed by atoms with E-state index in [2.05, 4.69) is 12.2 Å². The second-order valence-corrected chi connectivity index (χ2v) is 1.73. The second-order valence-electron chi connectivity index (χ2n) is 1.32. The summed E-state index contributed by atoms with van der Waals surface area (Å²) < 4.78 is 66.5. The lowest BCUT2D eigenvalue weighted by Crippen LogP contribution is -2.34. The van der Waals surface area contributed by atoms with Crippen LogP contribution in [0.15, 0.2) is 0 Å². The number of halogens is 6. The number of rotatable bonds is 0. The van der Waals surface area contributed by atoms with Gasteiger partial charge in [0.25, 0.3) is 0 Å². The molecule has 13 heavy (non-hydrogen) atoms. The van der Waals surface area contributed by atoms with Gasteiger partial charge in [-0.1, -0.05) is 12.2 Å². The molecule has 0 unspecified atom stereocenters. The molecule has 3 nitrogen and oxygen atoms in total. The molecule has 0 aliphatic heterocycles. The second kappa shape index (κ2) is 6.07. The summed E-state index contributed by atoms with van der Waals surface area (Å²) in [7, 11) is 0. The third-order valence-corrected chi connectivity index (χ3v) is 0.978. The Hall–Kier alpha value is -0.450. The van der Waals surface area contributed by atoms with Crippen LogP contribution in [0.25, 0.3) is 0 Å². The van der Waals surface area contributed by atoms with Gasteiger partial charge in [-0.05, 0) is 0 Å². The van der Waals surface area contributed by atoms with Gasteiger partial charge in [-0.3, -0.25) is 0 Å². The molecule has 0 aliphatic rings. The SMILES string of the molecule is FC(F)(F)C(=S)C(F)(F)F.O.O.O. The van der Waals surface area contributed by atoms with Crippen molar-refractivity contribution in [2.75, 3.05) is 0 Å². The zero-order valence-electron chi connectivity index (χ0n) is 5.68. The highest BCUT2D eigenvalue weighted by Crippen LogP contribution is 2.29. The van der Waals surface area contributed by atoms with E-state index >= 15 is 0 Å². The van der Waals surface area contributed by atoms with Crippen molar-refractivity contribution in [3.05, 3.63) is 0 Å². The van der Waals surface area contributed by atoms with Crippen LogP contribution >= 0.6 is 12.2 Å². The molecular weight excluding hydrogens is 230 g/mol. The van der Waals surface area contributed by atoms with Crippen molar-refractivity contribution >= 4 is 17.1 Å². The fraction of sp³-hybridized carbons (Fsp3) is 0.667. The summed E-state index contributed by atoms with van der Waals surface area (Å²) in [4.78, 5) is -2.85. The van der Waals surface area contributed by atoms with E-state index in [1.54, 1.807) is 0 Å². The van der Waals surface area contributed by atoms with E-state index in [9.17, 15) is 26.3 Å². The Labute approximate surface area is 73.3 Å². The minimum Gasteiger partial charge on any atom is -0.412 e. The molecule has 0 rings (SSSR count). The van der Waals surface area contributed by atoms with Gasteiger partial charge in [-0.2, -0.15) is 26.3 Å². The molecule has 84 valence electrons. The zero-order chi connectivity index (χ0) is 8.58. The van der Waals surface area contributed by atoms with Gasteiger partial charge in [-0.25, -0.2) is 0 Å². The maximum atomic E-state index is 11.1. The molecule has 0 aromatic carbocycles. The molecule has 0 bridgehead atoms. The van der Waals surface area contributed by atoms with Crippen LogP contribution in [-0.4, -0.2) is 33.6 Å². The Morgan fingerprint density at radius 3 is 0.846 bits per heavy atom. The van der Waals surface area contributed by atoms with Gasteiger partial charge in [0.1, 0.15) is 0 Å². The van der Waals surface area contributed by atoms with Crippen LogP contribution in [0.4, 0.5) is 26.3 Å². The summed E-state index contributed by atoms with van der Waals surface area (Å²) in [5.41, 5.74) is 0. The van der Waals surface area contributed by atoms with Crippen LogP contribution in [0.1, 0.15) is 0 Å². The van der Waals surface area contributed by atoms with Gasteiger partial charge in [0, 0.05) is 0 Å². The third kappa shape index (κ3) is 7.90. The number of alkyl halides is 6. The molecule has 0 aromatic heterocycles. The van der Waals surface area contributed by atoms with Gasteiger partial charge in [-0.15, -0.1) is 0 Å². The Morgan fingerprint density at radius 2 is 0.846 bits per heavy atom. The highest BCUT2D eigenvalue weighted by atomic mass is 32.1. The summed E-state index contributed by atoms with van der Waals surface area (Å²) in [5, 5.41) is 0. The summed E-state index contributed by atoms with van der Waals surface area (Å²) in [5.74, 6) is 0. The van der Waals surface area contributed by atoms with E-state index in [1.807, 2.05) is 0 Å². The predicted molar refractivity (Wildman–Crippen MR) is 35.5 cm³/mol. The van der Waals surface area contributed by atoms with Gasteiger partial charge in [0.15, 0.2) is 4.86 Å². The Bertz CT molecular complexity index is 134. The van der Waals surface area contributed by atoms with Crippen molar-refractivity contribution in [2.24, 2.45) is 0 Å². The van der Waals surface area contributed by atoms with Gasteiger partial charge < -0.3 is 16.4 Å². The molecule has 0 aliphatic carbocycles. The Balaban J connectivity index is -0.000000135. The molecule has 0 saturated carbocycles. The van der Waals surface area contributed by atoms with Gasteiger partial charge >= 0.3 is 12.4 Å². The number of thiocarbonyl (C=S) groups is 1. The molecular formula is C3H6F6O3S. The average molecular weight is 236 g/mol. The van der Waals surface area contributed by atoms with Crippen LogP contribution in [0.5, 0.6) is 0 Å². The van der Waals surface area contributed by atoms with E-state index < -0.39 is 17.2 Å². The first-order valence-corrected chi connectivity index (χ1v) is 2.25. The van der Waals surface area contributed by atoms with Crippen molar-refractivity contribution in [3.8, 4) is 0 Å². The fourth-order valence-corrected chi connectivity index (χ4v) is 0.161. The minimum absolute atomic E-state index is 0. The normalized spacial score (nSPS) is 10.3. The van der Waals surface area contributed by atoms with Crippen molar-refractivity contribution in [1.82, 2.24) is 0 Å². The summed E-state index contributed by atoms with van der Waals surface area (Å²) in [6.45, 7) is 0. The fourth-order valence-electron chi connectivity index (χ4n) is 0.161. The first-order chi connectivity index (χ1) is 4.15. The first kappa shape index (κ1) is 22.9. The van der Waals surface area contributed by atoms with Crippen molar-refractivity contribution in [1.29, 1.82) is 0 Å². The summed E-state index contributed by atoms with van der Waals surface area (Å²) in [6.07, 6.45) is -10.9. The third-order valence-electron chi connectivity index (χ3n) is 0.515. The quantitative estimate of drug-likeness (QED) is 0.429. The molecule has 0 saturated heterocycles. The molecule has 0 heterocycles. The molecule has 6 N–H and O–H groups in total. The molecule has 0 atom stereocenters. The maximum absolute atomic E-state index is 11.1. The maximum Gasteiger partial charge on any atom is 0.431 e. The van der Waals surface area contributed by atoms with Crippen molar-refractivity contribution in [2.45, 2.75) is 12.4 Å². The number of hydrogen-bond donors (Lipinski definition) is 0. The van der Waals surface area contributed by atoms with Gasteiger partial charge in [0.05, 0.1) is 0 Å². The number of hydrogen-bond acceptors (Lipinski definition) is 1. The zero-order valence-corrected chi connectivity index (χ0v) is 6.49. The summed E-state index contributed by atoms with van der Waals surface area (Å²) in [6, 6.07) is 0. The molecule has 0 fully saturated rings. The molecule has 10 heteroatoms. The van der Waals surface area contributed by atoms with Crippen molar-refractivity contribution < 1.29 is 42.8 Å². The molecule has 0 aromatic rings. The van der Waals surface area contributed by atoms with E-state index in [0.29, 0.717) is 0 Å². The smallest absolute Gasteiger partial charge is 0.412 e. The minimum atomic E-state index is -5.45. The van der Waals surface area contributed by atoms with E-state index in [-0.39, 0.29) is 16.4 Å². The van der Waals surface area contributed by atoms with E-state index in [4.69, 9.17) is 0 Å². The van der Waals surface area contributed by atoms with Crippen LogP contribution in [0, 0.1) is 0 Å². The van der Waals surface area contributed by atoms with Crippen LogP contribution in [0.2, 0.25) is 0 Å². The topological polar surface area (TPSA) is 94.5 Å². The summed E-state index contributed by atoms with van der Waals surface area (Å²) >= 11 is 3.08. The predicted octanol–water partition coefficient (Wildman–Crippen LogP) is 0.00680. The Morgan fingerprint density at radius 1 is 0.692 bits per heavy atom. The van der Waals surface area contributed by atoms with Gasteiger partial charge in [0.2, 0.25) is 0 Å². The first-order valence-electron chi connectivity index (χ1n) is 1.84. The molecule has 0 amide bonds. The molecule has 0 spiro atoms. The highest BCUT2D eigenvalue weighted by molar-refractivity contribution is 7.80. The van der Waals surface area contributed by atoms with E-state index in [1.165, 1.54) is 0 Å². The Kier molecular flexibility index (Phi) is 10.7. The lowest BCUT2D eigenvalue weighted by atomic mass is 10.4. The van der Waals surface area contributed by atoms with Crippen LogP contribution < -0.4 is 0 Å². The highest BCUT2D eigenvalue weighted by Gasteiger charge is 2.51. The monoisotopic (exact) mass is 236 g/mol. The van der Waals surface area contributed by atoms with Crippen molar-refractivity contribution in [3.63, 3.8) is 0 Å². The largest absolute Gasteiger partial charge is 0.431 e. The average Bonchev–Trinajstić information content (AvgIpc) is 1.59.